The van der Waals surface area contributed by atoms with Crippen molar-refractivity contribution in [1.29, 1.82) is 0 Å². The lowest BCUT2D eigenvalue weighted by molar-refractivity contribution is -0.157. The lowest BCUT2D eigenvalue weighted by atomic mass is 9.72. The molecule has 1 aliphatic carbocycles. The van der Waals surface area contributed by atoms with Crippen LogP contribution in [-0.2, 0) is 9.59 Å². The molecular formula is C14H25NO3. The van der Waals surface area contributed by atoms with Gasteiger partial charge in [0, 0.05) is 12.6 Å². The molecule has 0 aliphatic heterocycles. The second kappa shape index (κ2) is 6.76. The SMILES string of the molecule is CCCCCN(C(=O)C1CCC1C(=O)O)C(C)C. The minimum atomic E-state index is -0.822. The molecule has 4 heteroatoms. The zero-order valence-corrected chi connectivity index (χ0v) is 11.7. The monoisotopic (exact) mass is 255 g/mol. The Morgan fingerprint density at radius 3 is 2.22 bits per heavy atom. The van der Waals surface area contributed by atoms with Crippen LogP contribution in [0.5, 0.6) is 0 Å². The number of amides is 1. The van der Waals surface area contributed by atoms with Gasteiger partial charge in [-0.25, -0.2) is 0 Å². The summed E-state index contributed by atoms with van der Waals surface area (Å²) >= 11 is 0. The number of carbonyl (C=O) groups excluding carboxylic acids is 1. The number of carboxylic acids is 1. The predicted molar refractivity (Wildman–Crippen MR) is 70.2 cm³/mol. The van der Waals surface area contributed by atoms with Gasteiger partial charge in [-0.3, -0.25) is 9.59 Å². The number of hydrogen-bond donors (Lipinski definition) is 1. The van der Waals surface area contributed by atoms with E-state index in [-0.39, 0.29) is 17.9 Å². The third-order valence-corrected chi connectivity index (χ3v) is 3.82. The Kier molecular flexibility index (Phi) is 5.63. The molecule has 18 heavy (non-hydrogen) atoms. The third kappa shape index (κ3) is 3.47. The zero-order valence-electron chi connectivity index (χ0n) is 11.7. The molecule has 1 fully saturated rings. The van der Waals surface area contributed by atoms with Gasteiger partial charge in [-0.2, -0.15) is 0 Å². The first-order valence-electron chi connectivity index (χ1n) is 7.02. The highest BCUT2D eigenvalue weighted by Gasteiger charge is 2.43. The second-order valence-corrected chi connectivity index (χ2v) is 5.46. The Hall–Kier alpha value is -1.06. The van der Waals surface area contributed by atoms with Crippen LogP contribution in [-0.4, -0.2) is 34.5 Å². The number of unbranched alkanes of at least 4 members (excludes halogenated alkanes) is 2. The van der Waals surface area contributed by atoms with E-state index < -0.39 is 11.9 Å². The number of rotatable bonds is 7. The van der Waals surface area contributed by atoms with Crippen molar-refractivity contribution in [3.63, 3.8) is 0 Å². The fraction of sp³-hybridized carbons (Fsp3) is 0.857. The van der Waals surface area contributed by atoms with E-state index in [0.717, 1.165) is 32.2 Å². The van der Waals surface area contributed by atoms with Gasteiger partial charge in [0.15, 0.2) is 0 Å². The molecule has 0 saturated heterocycles. The molecule has 1 rings (SSSR count). The number of aliphatic carboxylic acids is 1. The maximum absolute atomic E-state index is 12.3. The standard InChI is InChI=1S/C14H25NO3/c1-4-5-6-9-15(10(2)3)13(16)11-7-8-12(11)14(17)18/h10-12H,4-9H2,1-3H3,(H,17,18). The molecule has 1 saturated carbocycles. The lowest BCUT2D eigenvalue weighted by Crippen LogP contribution is -2.48. The van der Waals surface area contributed by atoms with Crippen molar-refractivity contribution in [3.05, 3.63) is 0 Å². The maximum atomic E-state index is 12.3. The van der Waals surface area contributed by atoms with E-state index in [1.807, 2.05) is 18.7 Å². The minimum Gasteiger partial charge on any atom is -0.481 e. The smallest absolute Gasteiger partial charge is 0.307 e. The minimum absolute atomic E-state index is 0.0414. The molecule has 0 heterocycles. The highest BCUT2D eigenvalue weighted by Crippen LogP contribution is 2.36. The summed E-state index contributed by atoms with van der Waals surface area (Å²) < 4.78 is 0. The Bertz CT molecular complexity index is 301. The van der Waals surface area contributed by atoms with Crippen LogP contribution in [0.2, 0.25) is 0 Å². The van der Waals surface area contributed by atoms with E-state index in [4.69, 9.17) is 5.11 Å². The van der Waals surface area contributed by atoms with Crippen molar-refractivity contribution in [2.45, 2.75) is 58.9 Å². The largest absolute Gasteiger partial charge is 0.481 e. The van der Waals surface area contributed by atoms with Crippen molar-refractivity contribution in [3.8, 4) is 0 Å². The molecule has 0 spiro atoms. The molecule has 0 aromatic heterocycles. The Balaban J connectivity index is 2.57. The van der Waals surface area contributed by atoms with Crippen LogP contribution in [0.4, 0.5) is 0 Å². The van der Waals surface area contributed by atoms with E-state index in [1.54, 1.807) is 0 Å². The van der Waals surface area contributed by atoms with Crippen LogP contribution >= 0.6 is 0 Å². The molecule has 1 amide bonds. The summed E-state index contributed by atoms with van der Waals surface area (Å²) in [6.45, 7) is 6.89. The van der Waals surface area contributed by atoms with E-state index in [2.05, 4.69) is 6.92 Å². The average Bonchev–Trinajstić information content (AvgIpc) is 2.21. The first kappa shape index (κ1) is 15.0. The quantitative estimate of drug-likeness (QED) is 0.711. The fourth-order valence-corrected chi connectivity index (χ4v) is 2.46. The summed E-state index contributed by atoms with van der Waals surface area (Å²) in [7, 11) is 0. The van der Waals surface area contributed by atoms with E-state index in [0.29, 0.717) is 6.42 Å². The topological polar surface area (TPSA) is 57.6 Å². The highest BCUT2D eigenvalue weighted by molar-refractivity contribution is 5.86. The number of nitrogens with zero attached hydrogens (tertiary/aromatic N) is 1. The molecule has 0 aromatic rings. The predicted octanol–water partition coefficient (Wildman–Crippen LogP) is 2.52. The molecule has 4 nitrogen and oxygen atoms in total. The van der Waals surface area contributed by atoms with Crippen molar-refractivity contribution in [1.82, 2.24) is 4.90 Å². The van der Waals surface area contributed by atoms with Crippen LogP contribution in [0, 0.1) is 11.8 Å². The Labute approximate surface area is 109 Å². The summed E-state index contributed by atoms with van der Waals surface area (Å²) in [5.41, 5.74) is 0. The van der Waals surface area contributed by atoms with Gasteiger partial charge < -0.3 is 10.0 Å². The first-order chi connectivity index (χ1) is 8.49. The molecular weight excluding hydrogens is 230 g/mol. The molecule has 2 unspecified atom stereocenters. The third-order valence-electron chi connectivity index (χ3n) is 3.82. The van der Waals surface area contributed by atoms with Gasteiger partial charge in [0.2, 0.25) is 5.91 Å². The van der Waals surface area contributed by atoms with E-state index >= 15 is 0 Å². The van der Waals surface area contributed by atoms with Crippen molar-refractivity contribution in [2.75, 3.05) is 6.54 Å². The van der Waals surface area contributed by atoms with Gasteiger partial charge in [-0.05, 0) is 33.1 Å². The van der Waals surface area contributed by atoms with Crippen LogP contribution in [0.25, 0.3) is 0 Å². The second-order valence-electron chi connectivity index (χ2n) is 5.46. The molecule has 2 atom stereocenters. The van der Waals surface area contributed by atoms with Gasteiger partial charge >= 0.3 is 5.97 Å². The number of carbonyl (C=O) groups is 2. The van der Waals surface area contributed by atoms with Crippen molar-refractivity contribution in [2.24, 2.45) is 11.8 Å². The summed E-state index contributed by atoms with van der Waals surface area (Å²) in [5.74, 6) is -1.52. The summed E-state index contributed by atoms with van der Waals surface area (Å²) in [5, 5.41) is 9.02. The van der Waals surface area contributed by atoms with Crippen molar-refractivity contribution >= 4 is 11.9 Å². The van der Waals surface area contributed by atoms with Crippen LogP contribution in [0.1, 0.15) is 52.9 Å². The van der Waals surface area contributed by atoms with Gasteiger partial charge in [-0.15, -0.1) is 0 Å². The summed E-state index contributed by atoms with van der Waals surface area (Å²) in [4.78, 5) is 25.2. The van der Waals surface area contributed by atoms with Crippen molar-refractivity contribution < 1.29 is 14.7 Å². The van der Waals surface area contributed by atoms with Gasteiger partial charge in [0.1, 0.15) is 0 Å². The van der Waals surface area contributed by atoms with Gasteiger partial charge in [0.05, 0.1) is 11.8 Å². The molecule has 0 aromatic carbocycles. The average molecular weight is 255 g/mol. The van der Waals surface area contributed by atoms with E-state index in [1.165, 1.54) is 0 Å². The highest BCUT2D eigenvalue weighted by atomic mass is 16.4. The van der Waals surface area contributed by atoms with E-state index in [9.17, 15) is 9.59 Å². The van der Waals surface area contributed by atoms with Crippen LogP contribution in [0.15, 0.2) is 0 Å². The first-order valence-corrected chi connectivity index (χ1v) is 7.02. The molecule has 1 N–H and O–H groups in total. The maximum Gasteiger partial charge on any atom is 0.307 e. The molecule has 104 valence electrons. The fourth-order valence-electron chi connectivity index (χ4n) is 2.46. The molecule has 0 radical (unpaired) electrons. The van der Waals surface area contributed by atoms with Crippen LogP contribution in [0.3, 0.4) is 0 Å². The van der Waals surface area contributed by atoms with Gasteiger partial charge in [0.25, 0.3) is 0 Å². The Morgan fingerprint density at radius 1 is 1.22 bits per heavy atom. The normalized spacial score (nSPS) is 22.7. The molecule has 0 bridgehead atoms. The summed E-state index contributed by atoms with van der Waals surface area (Å²) in [6, 6.07) is 0.157. The Morgan fingerprint density at radius 2 is 1.83 bits per heavy atom. The number of hydrogen-bond acceptors (Lipinski definition) is 2. The summed E-state index contributed by atoms with van der Waals surface area (Å²) in [6.07, 6.45) is 4.62. The number of carboxylic acid groups (broad SMARTS) is 1. The van der Waals surface area contributed by atoms with Gasteiger partial charge in [-0.1, -0.05) is 19.8 Å². The lowest BCUT2D eigenvalue weighted by Gasteiger charge is -2.38. The van der Waals surface area contributed by atoms with Crippen LogP contribution < -0.4 is 0 Å². The molecule has 1 aliphatic rings. The zero-order chi connectivity index (χ0) is 13.7.